The summed E-state index contributed by atoms with van der Waals surface area (Å²) in [6.07, 6.45) is 2.14. The first-order chi connectivity index (χ1) is 16.2. The summed E-state index contributed by atoms with van der Waals surface area (Å²) in [7, 11) is 6.16. The number of hydrogen-bond acceptors (Lipinski definition) is 10. The molecule has 0 fully saturated rings. The number of nitrogens with zero attached hydrogens (tertiary/aromatic N) is 4. The Morgan fingerprint density at radius 1 is 1.22 bits per heavy atom. The highest BCUT2D eigenvalue weighted by Gasteiger charge is 2.17. The van der Waals surface area contributed by atoms with Gasteiger partial charge in [-0.3, -0.25) is 4.79 Å². The number of aryl methyl sites for hydroxylation is 1. The highest BCUT2D eigenvalue weighted by atomic mass is 35.5. The predicted molar refractivity (Wildman–Crippen MR) is 130 cm³/mol. The largest absolute Gasteiger partial charge is 1.00 e. The number of nitrogen functional groups attached to an aromatic ring is 1. The van der Waals surface area contributed by atoms with Crippen LogP contribution in [0.3, 0.4) is 0 Å². The van der Waals surface area contributed by atoms with Crippen molar-refractivity contribution in [2.45, 2.75) is 45.7 Å². The third kappa shape index (κ3) is 15.5. The van der Waals surface area contributed by atoms with Gasteiger partial charge in [0.1, 0.15) is 18.2 Å². The Bertz CT molecular complexity index is 938. The van der Waals surface area contributed by atoms with Gasteiger partial charge in [-0.15, -0.1) is 0 Å². The molecule has 2 aromatic heterocycles. The van der Waals surface area contributed by atoms with Gasteiger partial charge in [0.15, 0.2) is 12.2 Å². The Labute approximate surface area is 222 Å². The van der Waals surface area contributed by atoms with Crippen molar-refractivity contribution < 1.29 is 51.5 Å². The lowest BCUT2D eigenvalue weighted by Crippen LogP contribution is -3.00. The van der Waals surface area contributed by atoms with E-state index in [2.05, 4.69) is 35.7 Å². The van der Waals surface area contributed by atoms with Crippen LogP contribution in [0.2, 0.25) is 0 Å². The first-order valence-electron chi connectivity index (χ1n) is 11.0. The predicted octanol–water partition coefficient (Wildman–Crippen LogP) is -4.77. The molecule has 2 rings (SSSR count). The SMILES string of the molecule is C[N+](C)(C)CCO.Cc1ncc(C[n+]2csc(CCO)c2C)c(N)n1.NC(CCC(=O)O)C(=O)[O-].[Cl-]. The maximum absolute atomic E-state index is 9.88. The number of aliphatic carboxylic acids is 2. The minimum atomic E-state index is -1.42. The molecule has 0 aliphatic rings. The highest BCUT2D eigenvalue weighted by molar-refractivity contribution is 7.09. The molecule has 7 N–H and O–H groups in total. The Hall–Kier alpha value is -2.42. The van der Waals surface area contributed by atoms with Gasteiger partial charge in [0.25, 0.3) is 0 Å². The minimum Gasteiger partial charge on any atom is -1.00 e. The molecule has 0 spiro atoms. The lowest BCUT2D eigenvalue weighted by molar-refractivity contribution is -0.870. The number of halogens is 1. The molecule has 0 aromatic carbocycles. The molecule has 0 radical (unpaired) electrons. The number of likely N-dealkylation sites (N-methyl/N-ethyl adjacent to an activating group) is 1. The molecule has 0 aliphatic carbocycles. The quantitative estimate of drug-likeness (QED) is 0.141. The molecule has 2 heterocycles. The van der Waals surface area contributed by atoms with Crippen molar-refractivity contribution in [3.8, 4) is 0 Å². The van der Waals surface area contributed by atoms with Crippen molar-refractivity contribution in [1.82, 2.24) is 9.97 Å². The number of carbonyl (C=O) groups excluding carboxylic acids is 1. The van der Waals surface area contributed by atoms with Gasteiger partial charge in [0.05, 0.1) is 44.2 Å². The van der Waals surface area contributed by atoms with E-state index >= 15 is 0 Å². The summed E-state index contributed by atoms with van der Waals surface area (Å²) in [5.74, 6) is -1.26. The Kier molecular flexibility index (Phi) is 17.8. The van der Waals surface area contributed by atoms with E-state index in [4.69, 9.17) is 26.8 Å². The molecule has 0 saturated carbocycles. The average Bonchev–Trinajstić information content (AvgIpc) is 3.08. The Morgan fingerprint density at radius 3 is 2.25 bits per heavy atom. The number of aliphatic hydroxyl groups is 2. The summed E-state index contributed by atoms with van der Waals surface area (Å²) in [4.78, 5) is 29.3. The molecule has 36 heavy (non-hydrogen) atoms. The molecular weight excluding hydrogens is 512 g/mol. The minimum absolute atomic E-state index is 0. The molecule has 0 amide bonds. The molecule has 1 atom stereocenters. The van der Waals surface area contributed by atoms with Crippen LogP contribution in [0.5, 0.6) is 0 Å². The number of carboxylic acids is 2. The second kappa shape index (κ2) is 17.9. The molecule has 14 heteroatoms. The monoisotopic (exact) mass is 550 g/mol. The van der Waals surface area contributed by atoms with Gasteiger partial charge in [-0.25, -0.2) is 9.97 Å². The molecule has 0 bridgehead atoms. The standard InChI is InChI=1S/C12H17N4OS.C5H9NO4.C5H14NO.ClH/c1-8-11(3-4-17)18-7-16(8)6-10-5-14-9(2)15-12(10)13;6-3(5(9)10)1-2-4(7)8;1-6(2,3)4-5-7;/h5,7,17H,3-4,6H2,1-2H3,(H2,13,14,15);3H,1-2,6H2,(H,7,8)(H,9,10);7H,4-5H2,1-3H3;1H/q+1;;+1;/p-2. The van der Waals surface area contributed by atoms with Crippen molar-refractivity contribution in [2.24, 2.45) is 5.73 Å². The van der Waals surface area contributed by atoms with Crippen LogP contribution in [-0.4, -0.2) is 88.7 Å². The zero-order valence-electron chi connectivity index (χ0n) is 21.5. The maximum atomic E-state index is 9.88. The second-order valence-corrected chi connectivity index (χ2v) is 9.70. The van der Waals surface area contributed by atoms with Gasteiger partial charge in [0, 0.05) is 38.6 Å². The van der Waals surface area contributed by atoms with Gasteiger partial charge >= 0.3 is 5.97 Å². The number of quaternary nitrogens is 1. The zero-order chi connectivity index (χ0) is 27.2. The molecule has 2 aromatic rings. The van der Waals surface area contributed by atoms with Crippen LogP contribution >= 0.6 is 11.3 Å². The topological polar surface area (TPSA) is 200 Å². The smallest absolute Gasteiger partial charge is 0.303 e. The van der Waals surface area contributed by atoms with Gasteiger partial charge in [-0.2, -0.15) is 4.57 Å². The fourth-order valence-corrected chi connectivity index (χ4v) is 3.45. The van der Waals surface area contributed by atoms with Crippen molar-refractivity contribution in [3.05, 3.63) is 33.7 Å². The maximum Gasteiger partial charge on any atom is 0.303 e. The number of anilines is 1. The number of aliphatic hydroxyl groups excluding tert-OH is 2. The third-order valence-corrected chi connectivity index (χ3v) is 5.74. The highest BCUT2D eigenvalue weighted by Crippen LogP contribution is 2.13. The van der Waals surface area contributed by atoms with Gasteiger partial charge in [-0.05, 0) is 13.3 Å². The lowest BCUT2D eigenvalue weighted by Gasteiger charge is -2.21. The van der Waals surface area contributed by atoms with Gasteiger partial charge in [0.2, 0.25) is 5.51 Å². The van der Waals surface area contributed by atoms with Gasteiger partial charge < -0.3 is 53.6 Å². The van der Waals surface area contributed by atoms with Crippen LogP contribution in [0.4, 0.5) is 5.82 Å². The summed E-state index contributed by atoms with van der Waals surface area (Å²) >= 11 is 1.65. The van der Waals surface area contributed by atoms with Crippen molar-refractivity contribution >= 4 is 29.1 Å². The van der Waals surface area contributed by atoms with E-state index in [-0.39, 0.29) is 38.5 Å². The number of rotatable bonds is 10. The first kappa shape index (κ1) is 35.7. The summed E-state index contributed by atoms with van der Waals surface area (Å²) in [6, 6.07) is -1.17. The number of aromatic nitrogens is 3. The number of carbonyl (C=O) groups is 2. The first-order valence-corrected chi connectivity index (χ1v) is 11.8. The van der Waals surface area contributed by atoms with Crippen LogP contribution in [0.25, 0.3) is 0 Å². The summed E-state index contributed by atoms with van der Waals surface area (Å²) in [5.41, 5.74) is 14.9. The number of carboxylic acid groups (broad SMARTS) is 2. The van der Waals surface area contributed by atoms with Crippen LogP contribution in [0.1, 0.15) is 34.8 Å². The van der Waals surface area contributed by atoms with Crippen LogP contribution < -0.4 is 33.5 Å². The van der Waals surface area contributed by atoms with E-state index in [1.165, 1.54) is 4.88 Å². The molecular formula is C22H39ClN6O6S. The Morgan fingerprint density at radius 2 is 1.83 bits per heavy atom. The molecule has 206 valence electrons. The van der Waals surface area contributed by atoms with E-state index in [0.29, 0.717) is 24.6 Å². The van der Waals surface area contributed by atoms with Crippen LogP contribution in [0.15, 0.2) is 11.7 Å². The fraction of sp³-hybridized carbons (Fsp3) is 0.591. The summed E-state index contributed by atoms with van der Waals surface area (Å²) in [6.45, 7) is 5.83. The normalized spacial score (nSPS) is 11.2. The Balaban J connectivity index is 0. The number of hydrogen-bond donors (Lipinski definition) is 5. The molecule has 0 aliphatic heterocycles. The summed E-state index contributed by atoms with van der Waals surface area (Å²) in [5, 5.41) is 35.3. The fourth-order valence-electron chi connectivity index (χ4n) is 2.46. The van der Waals surface area contributed by atoms with Gasteiger partial charge in [-0.1, -0.05) is 11.3 Å². The van der Waals surface area contributed by atoms with Crippen LogP contribution in [0, 0.1) is 13.8 Å². The van der Waals surface area contributed by atoms with Crippen molar-refractivity contribution in [3.63, 3.8) is 0 Å². The van der Waals surface area contributed by atoms with Crippen molar-refractivity contribution in [1.29, 1.82) is 0 Å². The third-order valence-electron chi connectivity index (χ3n) is 4.60. The zero-order valence-corrected chi connectivity index (χ0v) is 23.1. The molecule has 12 nitrogen and oxygen atoms in total. The average molecular weight is 551 g/mol. The second-order valence-electron chi connectivity index (χ2n) is 8.76. The number of nitrogens with two attached hydrogens (primary N) is 2. The lowest BCUT2D eigenvalue weighted by atomic mass is 10.2. The van der Waals surface area contributed by atoms with E-state index in [0.717, 1.165) is 22.3 Å². The van der Waals surface area contributed by atoms with Crippen LogP contribution in [-0.2, 0) is 22.6 Å². The van der Waals surface area contributed by atoms with E-state index in [1.807, 2.05) is 19.4 Å². The molecule has 0 saturated heterocycles. The van der Waals surface area contributed by atoms with E-state index < -0.39 is 18.0 Å². The molecule has 1 unspecified atom stereocenters. The van der Waals surface area contributed by atoms with Crippen molar-refractivity contribution in [2.75, 3.05) is 46.6 Å². The van der Waals surface area contributed by atoms with E-state index in [1.54, 1.807) is 17.5 Å². The number of thiazole rings is 1. The summed E-state index contributed by atoms with van der Waals surface area (Å²) < 4.78 is 2.95. The van der Waals surface area contributed by atoms with E-state index in [9.17, 15) is 14.7 Å².